The molecule has 3 heterocycles. The van der Waals surface area contributed by atoms with Crippen LogP contribution in [0.25, 0.3) is 33.1 Å². The molecule has 164 valence electrons. The molecule has 3 aromatic heterocycles. The highest BCUT2D eigenvalue weighted by Crippen LogP contribution is 2.32. The van der Waals surface area contributed by atoms with Crippen LogP contribution in [0.1, 0.15) is 21.7 Å². The fourth-order valence-corrected chi connectivity index (χ4v) is 4.55. The van der Waals surface area contributed by atoms with Crippen molar-refractivity contribution in [2.75, 3.05) is 0 Å². The van der Waals surface area contributed by atoms with Gasteiger partial charge in [0.05, 0.1) is 34.7 Å². The van der Waals surface area contributed by atoms with Gasteiger partial charge in [0, 0.05) is 43.5 Å². The Labute approximate surface area is 206 Å². The van der Waals surface area contributed by atoms with E-state index in [0.717, 1.165) is 53.4 Å². The van der Waals surface area contributed by atoms with Gasteiger partial charge in [-0.2, -0.15) is 0 Å². The fraction of sp³-hybridized carbons (Fsp3) is 0.0800. The van der Waals surface area contributed by atoms with Gasteiger partial charge in [-0.3, -0.25) is 9.78 Å². The zero-order valence-electron chi connectivity index (χ0n) is 17.4. The van der Waals surface area contributed by atoms with Crippen LogP contribution < -0.4 is 11.1 Å². The van der Waals surface area contributed by atoms with Crippen LogP contribution in [0, 0.1) is 0 Å². The molecule has 0 unspecified atom stereocenters. The average molecular weight is 565 g/mol. The standard InChI is InChI=1S/C25H19Br2N5O/c26-14-5-7-22-19(8-14)21(13-29-22)24-10-20(18-6-4-15(27)9-23(18)32-24)25(33)30-12-17-3-1-2-16(11-28)31-17/h1-10,13,29H,11-12,28H2,(H,30,33). The van der Waals surface area contributed by atoms with Crippen molar-refractivity contribution in [1.82, 2.24) is 20.3 Å². The molecule has 6 nitrogen and oxygen atoms in total. The Morgan fingerprint density at radius 2 is 1.73 bits per heavy atom. The first kappa shape index (κ1) is 21.8. The molecule has 0 atom stereocenters. The number of nitrogens with two attached hydrogens (primary N) is 1. The summed E-state index contributed by atoms with van der Waals surface area (Å²) in [6, 6.07) is 19.3. The summed E-state index contributed by atoms with van der Waals surface area (Å²) in [5.41, 5.74) is 11.2. The molecule has 0 aliphatic rings. The van der Waals surface area contributed by atoms with E-state index in [2.05, 4.69) is 47.1 Å². The third-order valence-electron chi connectivity index (χ3n) is 5.44. The van der Waals surface area contributed by atoms with Crippen molar-refractivity contribution in [3.63, 3.8) is 0 Å². The number of hydrogen-bond acceptors (Lipinski definition) is 4. The van der Waals surface area contributed by atoms with E-state index in [9.17, 15) is 4.79 Å². The van der Waals surface area contributed by atoms with Crippen molar-refractivity contribution in [2.24, 2.45) is 5.73 Å². The Balaban J connectivity index is 1.57. The number of pyridine rings is 2. The van der Waals surface area contributed by atoms with Crippen LogP contribution in [0.15, 0.2) is 75.8 Å². The maximum Gasteiger partial charge on any atom is 0.252 e. The molecule has 0 saturated heterocycles. The predicted molar refractivity (Wildman–Crippen MR) is 138 cm³/mol. The molecule has 0 aliphatic heterocycles. The molecule has 1 amide bonds. The molecule has 2 aromatic carbocycles. The molecular formula is C25H19Br2N5O. The molecule has 5 rings (SSSR count). The number of carbonyl (C=O) groups is 1. The Morgan fingerprint density at radius 1 is 0.939 bits per heavy atom. The first-order valence-corrected chi connectivity index (χ1v) is 11.9. The summed E-state index contributed by atoms with van der Waals surface area (Å²) in [5, 5.41) is 4.80. The van der Waals surface area contributed by atoms with E-state index >= 15 is 0 Å². The Morgan fingerprint density at radius 3 is 2.58 bits per heavy atom. The minimum absolute atomic E-state index is 0.188. The summed E-state index contributed by atoms with van der Waals surface area (Å²) in [7, 11) is 0. The van der Waals surface area contributed by atoms with E-state index < -0.39 is 0 Å². The second-order valence-corrected chi connectivity index (χ2v) is 9.45. The van der Waals surface area contributed by atoms with Crippen molar-refractivity contribution < 1.29 is 4.79 Å². The number of benzene rings is 2. The summed E-state index contributed by atoms with van der Waals surface area (Å²) in [4.78, 5) is 25.9. The molecule has 0 fully saturated rings. The average Bonchev–Trinajstić information content (AvgIpc) is 3.24. The van der Waals surface area contributed by atoms with Gasteiger partial charge in [-0.1, -0.05) is 44.0 Å². The monoisotopic (exact) mass is 563 g/mol. The summed E-state index contributed by atoms with van der Waals surface area (Å²) >= 11 is 7.07. The maximum absolute atomic E-state index is 13.3. The van der Waals surface area contributed by atoms with Gasteiger partial charge < -0.3 is 16.0 Å². The van der Waals surface area contributed by atoms with Gasteiger partial charge in [0.2, 0.25) is 0 Å². The lowest BCUT2D eigenvalue weighted by Crippen LogP contribution is -2.24. The number of carbonyl (C=O) groups excluding carboxylic acids is 1. The van der Waals surface area contributed by atoms with E-state index in [1.54, 1.807) is 0 Å². The van der Waals surface area contributed by atoms with E-state index in [0.29, 0.717) is 18.7 Å². The highest BCUT2D eigenvalue weighted by molar-refractivity contribution is 9.10. The molecular weight excluding hydrogens is 546 g/mol. The SMILES string of the molecule is NCc1cccc(CNC(=O)c2cc(-c3c[nH]c4ccc(Br)cc34)nc3cc(Br)ccc23)n1. The van der Waals surface area contributed by atoms with Crippen LogP contribution in [0.2, 0.25) is 0 Å². The van der Waals surface area contributed by atoms with Crippen LogP contribution in [0.5, 0.6) is 0 Å². The first-order valence-electron chi connectivity index (χ1n) is 10.3. The third kappa shape index (κ3) is 4.42. The number of fused-ring (bicyclic) bond motifs is 2. The molecule has 0 bridgehead atoms. The largest absolute Gasteiger partial charge is 0.360 e. The molecule has 0 aliphatic carbocycles. The highest BCUT2D eigenvalue weighted by Gasteiger charge is 2.16. The smallest absolute Gasteiger partial charge is 0.252 e. The van der Waals surface area contributed by atoms with Crippen LogP contribution in [0.3, 0.4) is 0 Å². The Bertz CT molecular complexity index is 1510. The quantitative estimate of drug-likeness (QED) is 0.255. The number of H-pyrrole nitrogens is 1. The van der Waals surface area contributed by atoms with Crippen LogP contribution in [-0.2, 0) is 13.1 Å². The normalized spacial score (nSPS) is 11.2. The Kier molecular flexibility index (Phi) is 5.97. The number of halogens is 2. The van der Waals surface area contributed by atoms with Gasteiger partial charge >= 0.3 is 0 Å². The summed E-state index contributed by atoms with van der Waals surface area (Å²) in [6.07, 6.45) is 1.92. The lowest BCUT2D eigenvalue weighted by atomic mass is 10.0. The lowest BCUT2D eigenvalue weighted by Gasteiger charge is -2.11. The van der Waals surface area contributed by atoms with Gasteiger partial charge in [-0.25, -0.2) is 4.98 Å². The highest BCUT2D eigenvalue weighted by atomic mass is 79.9. The summed E-state index contributed by atoms with van der Waals surface area (Å²) < 4.78 is 1.88. The second-order valence-electron chi connectivity index (χ2n) is 7.62. The van der Waals surface area contributed by atoms with Gasteiger partial charge in [0.25, 0.3) is 5.91 Å². The molecule has 4 N–H and O–H groups in total. The zero-order valence-corrected chi connectivity index (χ0v) is 20.6. The third-order valence-corrected chi connectivity index (χ3v) is 6.43. The van der Waals surface area contributed by atoms with Crippen molar-refractivity contribution in [3.05, 3.63) is 92.8 Å². The summed E-state index contributed by atoms with van der Waals surface area (Å²) in [6.45, 7) is 0.665. The van der Waals surface area contributed by atoms with Gasteiger partial charge in [0.1, 0.15) is 0 Å². The van der Waals surface area contributed by atoms with E-state index in [1.807, 2.05) is 66.9 Å². The van der Waals surface area contributed by atoms with Crippen molar-refractivity contribution in [1.29, 1.82) is 0 Å². The molecule has 33 heavy (non-hydrogen) atoms. The van der Waals surface area contributed by atoms with Crippen molar-refractivity contribution >= 4 is 59.6 Å². The topological polar surface area (TPSA) is 96.7 Å². The van der Waals surface area contributed by atoms with Gasteiger partial charge in [0.15, 0.2) is 0 Å². The van der Waals surface area contributed by atoms with Crippen molar-refractivity contribution in [3.8, 4) is 11.3 Å². The van der Waals surface area contributed by atoms with E-state index in [-0.39, 0.29) is 5.91 Å². The maximum atomic E-state index is 13.3. The number of aromatic amines is 1. The van der Waals surface area contributed by atoms with E-state index in [1.165, 1.54) is 0 Å². The molecule has 0 radical (unpaired) electrons. The molecule has 0 saturated carbocycles. The van der Waals surface area contributed by atoms with Gasteiger partial charge in [-0.05, 0) is 48.5 Å². The second kappa shape index (κ2) is 9.05. The van der Waals surface area contributed by atoms with Crippen LogP contribution in [-0.4, -0.2) is 20.9 Å². The molecule has 5 aromatic rings. The molecule has 8 heteroatoms. The van der Waals surface area contributed by atoms with Gasteiger partial charge in [-0.15, -0.1) is 0 Å². The number of hydrogen-bond donors (Lipinski definition) is 3. The van der Waals surface area contributed by atoms with Crippen LogP contribution >= 0.6 is 31.9 Å². The minimum Gasteiger partial charge on any atom is -0.360 e. The fourth-order valence-electron chi connectivity index (χ4n) is 3.84. The zero-order chi connectivity index (χ0) is 22.9. The predicted octanol–water partition coefficient (Wildman–Crippen LogP) is 5.69. The summed E-state index contributed by atoms with van der Waals surface area (Å²) in [5.74, 6) is -0.188. The molecule has 0 spiro atoms. The number of nitrogens with zero attached hydrogens (tertiary/aromatic N) is 2. The van der Waals surface area contributed by atoms with Crippen LogP contribution in [0.4, 0.5) is 0 Å². The number of nitrogens with one attached hydrogen (secondary N) is 2. The minimum atomic E-state index is -0.188. The van der Waals surface area contributed by atoms with E-state index in [4.69, 9.17) is 10.7 Å². The number of amides is 1. The lowest BCUT2D eigenvalue weighted by molar-refractivity contribution is 0.0952. The number of rotatable bonds is 5. The Hall–Kier alpha value is -3.07. The number of aromatic nitrogens is 3. The first-order chi connectivity index (χ1) is 16.0. The van der Waals surface area contributed by atoms with Crippen molar-refractivity contribution in [2.45, 2.75) is 13.1 Å².